The number of allylic oxidation sites excluding steroid dienone is 1. The molecule has 7 nitrogen and oxygen atoms in total. The zero-order valence-electron chi connectivity index (χ0n) is 16.4. The van der Waals surface area contributed by atoms with Crippen molar-refractivity contribution < 1.29 is 24.6 Å². The van der Waals surface area contributed by atoms with Crippen molar-refractivity contribution in [2.24, 2.45) is 5.92 Å². The van der Waals surface area contributed by atoms with Gasteiger partial charge in [0, 0.05) is 26.3 Å². The number of nitrogens with one attached hydrogen (secondary N) is 2. The molecule has 4 N–H and O–H groups in total. The Hall–Kier alpha value is -1.88. The van der Waals surface area contributed by atoms with E-state index in [0.29, 0.717) is 33.0 Å². The van der Waals surface area contributed by atoms with Gasteiger partial charge < -0.3 is 9.84 Å². The highest BCUT2D eigenvalue weighted by molar-refractivity contribution is 9.11. The van der Waals surface area contributed by atoms with Crippen LogP contribution in [-0.4, -0.2) is 22.3 Å². The van der Waals surface area contributed by atoms with Crippen LogP contribution in [0.2, 0.25) is 0 Å². The van der Waals surface area contributed by atoms with Gasteiger partial charge in [-0.05, 0) is 71.1 Å². The number of hydroxylamine groups is 1. The van der Waals surface area contributed by atoms with Gasteiger partial charge in [0.05, 0.1) is 4.47 Å². The van der Waals surface area contributed by atoms with Gasteiger partial charge in [-0.3, -0.25) is 15.3 Å². The highest BCUT2D eigenvalue weighted by Gasteiger charge is 2.27. The number of carbonyl (C=O) groups is 2. The first-order valence-electron chi connectivity index (χ1n) is 9.23. The molecule has 2 aromatic carbocycles. The van der Waals surface area contributed by atoms with Gasteiger partial charge in [0.25, 0.3) is 5.91 Å². The van der Waals surface area contributed by atoms with Gasteiger partial charge in [0.1, 0.15) is 11.9 Å². The Morgan fingerprint density at radius 2 is 1.81 bits per heavy atom. The summed E-state index contributed by atoms with van der Waals surface area (Å²) < 4.78 is 7.77. The first-order chi connectivity index (χ1) is 14.7. The molecule has 0 aliphatic carbocycles. The molecular formula is C21H21Br3N2O5. The third-order valence-corrected chi connectivity index (χ3v) is 5.96. The van der Waals surface area contributed by atoms with Gasteiger partial charge in [-0.2, -0.15) is 0 Å². The van der Waals surface area contributed by atoms with Crippen molar-refractivity contribution in [3.63, 3.8) is 0 Å². The molecule has 2 atom stereocenters. The van der Waals surface area contributed by atoms with Crippen molar-refractivity contribution in [3.05, 3.63) is 67.5 Å². The minimum absolute atomic E-state index is 0.0216. The molecule has 2 aromatic rings. The van der Waals surface area contributed by atoms with E-state index in [0.717, 1.165) is 4.47 Å². The van der Waals surface area contributed by atoms with E-state index in [9.17, 15) is 14.7 Å². The van der Waals surface area contributed by atoms with E-state index in [1.165, 1.54) is 11.6 Å². The third-order valence-electron chi connectivity index (χ3n) is 4.37. The molecule has 0 aliphatic heterocycles. The van der Waals surface area contributed by atoms with Crippen LogP contribution < -0.4 is 10.8 Å². The number of halogens is 3. The van der Waals surface area contributed by atoms with Crippen molar-refractivity contribution in [2.45, 2.75) is 25.9 Å². The quantitative estimate of drug-likeness (QED) is 0.154. The summed E-state index contributed by atoms with van der Waals surface area (Å²) in [6, 6.07) is 10.4. The zero-order valence-corrected chi connectivity index (χ0v) is 21.2. The molecule has 0 fully saturated rings. The fourth-order valence-corrected chi connectivity index (χ4v) is 4.35. The maximum Gasteiger partial charge on any atom is 0.412 e. The summed E-state index contributed by atoms with van der Waals surface area (Å²) in [5, 5.41) is 21.8. The molecule has 0 saturated heterocycles. The second-order valence-corrected chi connectivity index (χ2v) is 9.40. The molecule has 31 heavy (non-hydrogen) atoms. The maximum atomic E-state index is 12.6. The van der Waals surface area contributed by atoms with Crippen LogP contribution in [0.5, 0.6) is 5.75 Å². The molecule has 0 bridgehead atoms. The average Bonchev–Trinajstić information content (AvgIpc) is 2.73. The molecule has 0 aromatic heterocycles. The number of amides is 2. The normalized spacial score (nSPS) is 12.9. The van der Waals surface area contributed by atoms with E-state index in [1.54, 1.807) is 42.5 Å². The molecule has 0 aliphatic rings. The molecule has 10 heteroatoms. The fraction of sp³-hybridized carbons (Fsp3) is 0.238. The number of phenols is 1. The topological polar surface area (TPSA) is 108 Å². The van der Waals surface area contributed by atoms with Crippen LogP contribution in [0.15, 0.2) is 62.0 Å². The first-order valence-corrected chi connectivity index (χ1v) is 11.6. The highest BCUT2D eigenvalue weighted by atomic mass is 79.9. The summed E-state index contributed by atoms with van der Waals surface area (Å²) in [4.78, 5) is 23.7. The second kappa shape index (κ2) is 12.2. The van der Waals surface area contributed by atoms with Crippen LogP contribution in [0.1, 0.15) is 31.4 Å². The van der Waals surface area contributed by atoms with E-state index in [-0.39, 0.29) is 11.7 Å². The number of rotatable bonds is 8. The smallest absolute Gasteiger partial charge is 0.412 e. The minimum Gasteiger partial charge on any atom is -0.506 e. The van der Waals surface area contributed by atoms with Crippen molar-refractivity contribution >= 4 is 65.5 Å². The Balaban J connectivity index is 2.21. The van der Waals surface area contributed by atoms with E-state index >= 15 is 0 Å². The van der Waals surface area contributed by atoms with Gasteiger partial charge in [-0.1, -0.05) is 44.9 Å². The maximum absolute atomic E-state index is 12.6. The standard InChI is InChI=1S/C21H21Br3N2O5/c1-12(4-2-3-5-18(27)26-30)20(16-10-14(23)11-17(24)19(16)28)31-21(29)25-15-8-6-13(22)7-9-15/h3,5-12,20,28,30H,2,4H2,1H3,(H,25,29)(H,26,27)/b5-3+/t12-,20-/m1/s1. The lowest BCUT2D eigenvalue weighted by Gasteiger charge is -2.26. The Morgan fingerprint density at radius 3 is 2.45 bits per heavy atom. The first kappa shape index (κ1) is 25.4. The molecule has 0 heterocycles. The third kappa shape index (κ3) is 7.95. The second-order valence-electron chi connectivity index (χ2n) is 6.72. The zero-order chi connectivity index (χ0) is 23.0. The number of aromatic hydroxyl groups is 1. The Kier molecular flexibility index (Phi) is 10.0. The summed E-state index contributed by atoms with van der Waals surface area (Å²) in [7, 11) is 0. The number of benzene rings is 2. The van der Waals surface area contributed by atoms with Gasteiger partial charge >= 0.3 is 6.09 Å². The van der Waals surface area contributed by atoms with Crippen molar-refractivity contribution in [3.8, 4) is 5.75 Å². The lowest BCUT2D eigenvalue weighted by molar-refractivity contribution is -0.124. The predicted molar refractivity (Wildman–Crippen MR) is 128 cm³/mol. The monoisotopic (exact) mass is 618 g/mol. The Labute approximate surface area is 205 Å². The summed E-state index contributed by atoms with van der Waals surface area (Å²) >= 11 is 10.0. The average molecular weight is 621 g/mol. The molecule has 0 unspecified atom stereocenters. The van der Waals surface area contributed by atoms with Crippen LogP contribution >= 0.6 is 47.8 Å². The summed E-state index contributed by atoms with van der Waals surface area (Å²) in [5.74, 6) is -0.848. The molecule has 166 valence electrons. The number of phenolic OH excluding ortho intramolecular Hbond substituents is 1. The van der Waals surface area contributed by atoms with Gasteiger partial charge in [-0.15, -0.1) is 0 Å². The van der Waals surface area contributed by atoms with Crippen molar-refractivity contribution in [1.82, 2.24) is 5.48 Å². The number of hydrogen-bond acceptors (Lipinski definition) is 5. The van der Waals surface area contributed by atoms with Crippen LogP contribution in [0.25, 0.3) is 0 Å². The number of carbonyl (C=O) groups excluding carboxylic acids is 2. The fourth-order valence-electron chi connectivity index (χ4n) is 2.82. The molecule has 0 saturated carbocycles. The van der Waals surface area contributed by atoms with Crippen LogP contribution in [0.4, 0.5) is 10.5 Å². The SMILES string of the molecule is C[C@H](CC/C=C/C(=O)NO)[C@@H](OC(=O)Nc1ccc(Br)cc1)c1cc(Br)cc(Br)c1O. The van der Waals surface area contributed by atoms with Gasteiger partial charge in [0.15, 0.2) is 0 Å². The predicted octanol–water partition coefficient (Wildman–Crippen LogP) is 6.45. The van der Waals surface area contributed by atoms with Crippen molar-refractivity contribution in [2.75, 3.05) is 5.32 Å². The highest BCUT2D eigenvalue weighted by Crippen LogP contribution is 2.40. The number of ether oxygens (including phenoxy) is 1. The van der Waals surface area contributed by atoms with Crippen LogP contribution in [0, 0.1) is 5.92 Å². The van der Waals surface area contributed by atoms with Crippen LogP contribution in [-0.2, 0) is 9.53 Å². The summed E-state index contributed by atoms with van der Waals surface area (Å²) in [6.07, 6.45) is 2.45. The van der Waals surface area contributed by atoms with Gasteiger partial charge in [-0.25, -0.2) is 10.3 Å². The lowest BCUT2D eigenvalue weighted by Crippen LogP contribution is -2.22. The van der Waals surface area contributed by atoms with Gasteiger partial charge in [0.2, 0.25) is 0 Å². The summed E-state index contributed by atoms with van der Waals surface area (Å²) in [5.41, 5.74) is 2.53. The number of anilines is 1. The molecule has 0 spiro atoms. The van der Waals surface area contributed by atoms with Crippen LogP contribution in [0.3, 0.4) is 0 Å². The molecule has 2 rings (SSSR count). The van der Waals surface area contributed by atoms with E-state index in [2.05, 4.69) is 53.1 Å². The molecule has 2 amide bonds. The summed E-state index contributed by atoms with van der Waals surface area (Å²) in [6.45, 7) is 1.88. The van der Waals surface area contributed by atoms with Crippen molar-refractivity contribution in [1.29, 1.82) is 0 Å². The van der Waals surface area contributed by atoms with E-state index < -0.39 is 18.1 Å². The lowest BCUT2D eigenvalue weighted by atomic mass is 9.92. The number of hydrogen-bond donors (Lipinski definition) is 4. The Morgan fingerprint density at radius 1 is 1.13 bits per heavy atom. The van der Waals surface area contributed by atoms with E-state index in [1.807, 2.05) is 6.92 Å². The minimum atomic E-state index is -0.760. The molecular weight excluding hydrogens is 600 g/mol. The molecule has 0 radical (unpaired) electrons. The Bertz CT molecular complexity index is 951. The van der Waals surface area contributed by atoms with E-state index in [4.69, 9.17) is 9.94 Å². The largest absolute Gasteiger partial charge is 0.506 e.